The fourth-order valence-corrected chi connectivity index (χ4v) is 2.74. The molecular formula is C21H18N6O2. The van der Waals surface area contributed by atoms with E-state index in [0.29, 0.717) is 24.4 Å². The second-order valence-corrected chi connectivity index (χ2v) is 6.24. The van der Waals surface area contributed by atoms with Crippen LogP contribution in [-0.4, -0.2) is 31.1 Å². The summed E-state index contributed by atoms with van der Waals surface area (Å²) in [6.07, 6.45) is 3.21. The van der Waals surface area contributed by atoms with Crippen LogP contribution < -0.4 is 10.1 Å². The molecule has 4 rings (SSSR count). The van der Waals surface area contributed by atoms with Gasteiger partial charge in [-0.1, -0.05) is 24.3 Å². The van der Waals surface area contributed by atoms with Crippen LogP contribution >= 0.6 is 0 Å². The van der Waals surface area contributed by atoms with Crippen LogP contribution in [0.15, 0.2) is 79.3 Å². The summed E-state index contributed by atoms with van der Waals surface area (Å²) in [6.45, 7) is 0.773. The molecule has 0 radical (unpaired) electrons. The lowest BCUT2D eigenvalue weighted by Gasteiger charge is -2.09. The minimum atomic E-state index is -0.181. The van der Waals surface area contributed by atoms with Gasteiger partial charge < -0.3 is 10.1 Å². The molecule has 4 aromatic rings. The van der Waals surface area contributed by atoms with E-state index in [0.717, 1.165) is 17.0 Å². The summed E-state index contributed by atoms with van der Waals surface area (Å²) >= 11 is 0. The van der Waals surface area contributed by atoms with Crippen molar-refractivity contribution in [1.82, 2.24) is 30.5 Å². The molecular weight excluding hydrogens is 368 g/mol. The fraction of sp³-hybridized carbons (Fsp3) is 0.0952. The average molecular weight is 386 g/mol. The Morgan fingerprint density at radius 1 is 1.03 bits per heavy atom. The lowest BCUT2D eigenvalue weighted by molar-refractivity contribution is 0.0951. The monoisotopic (exact) mass is 386 g/mol. The molecule has 0 aliphatic carbocycles. The summed E-state index contributed by atoms with van der Waals surface area (Å²) in [5, 5.41) is 14.0. The molecule has 29 heavy (non-hydrogen) atoms. The van der Waals surface area contributed by atoms with Gasteiger partial charge in [0.2, 0.25) is 0 Å². The van der Waals surface area contributed by atoms with Gasteiger partial charge >= 0.3 is 0 Å². The van der Waals surface area contributed by atoms with Crippen LogP contribution in [0.4, 0.5) is 0 Å². The van der Waals surface area contributed by atoms with Crippen LogP contribution in [0.2, 0.25) is 0 Å². The van der Waals surface area contributed by atoms with E-state index in [9.17, 15) is 4.79 Å². The number of rotatable bonds is 7. The first-order valence-corrected chi connectivity index (χ1v) is 9.01. The molecule has 0 unspecified atom stereocenters. The predicted octanol–water partition coefficient (Wildman–Crippen LogP) is 2.57. The molecule has 0 saturated heterocycles. The van der Waals surface area contributed by atoms with Crippen LogP contribution in [0, 0.1) is 0 Å². The van der Waals surface area contributed by atoms with Gasteiger partial charge in [0.1, 0.15) is 18.7 Å². The standard InChI is InChI=1S/C21H18N6O2/c28-21(17-6-4-8-19(12-17)27-15-24-25-26-27)23-13-16-5-3-9-20(11-16)29-14-18-7-1-2-10-22-18/h1-12,15H,13-14H2,(H,23,28). The van der Waals surface area contributed by atoms with E-state index in [1.54, 1.807) is 24.4 Å². The maximum Gasteiger partial charge on any atom is 0.251 e. The molecule has 8 heteroatoms. The third-order valence-corrected chi connectivity index (χ3v) is 4.19. The quantitative estimate of drug-likeness (QED) is 0.525. The van der Waals surface area contributed by atoms with Gasteiger partial charge in [0.15, 0.2) is 0 Å². The Bertz CT molecular complexity index is 1080. The van der Waals surface area contributed by atoms with Crippen molar-refractivity contribution in [2.24, 2.45) is 0 Å². The summed E-state index contributed by atoms with van der Waals surface area (Å²) in [7, 11) is 0. The number of benzene rings is 2. The fourth-order valence-electron chi connectivity index (χ4n) is 2.74. The Labute approximate surface area is 167 Å². The molecule has 0 aliphatic rings. The molecule has 1 amide bonds. The zero-order valence-electron chi connectivity index (χ0n) is 15.5. The second kappa shape index (κ2) is 8.75. The highest BCUT2D eigenvalue weighted by atomic mass is 16.5. The molecule has 144 valence electrons. The van der Waals surface area contributed by atoms with Crippen molar-refractivity contribution in [3.05, 3.63) is 96.1 Å². The summed E-state index contributed by atoms with van der Waals surface area (Å²) in [4.78, 5) is 16.8. The average Bonchev–Trinajstić information content (AvgIpc) is 3.32. The van der Waals surface area contributed by atoms with Crippen LogP contribution in [0.5, 0.6) is 5.75 Å². The van der Waals surface area contributed by atoms with Crippen molar-refractivity contribution in [3.8, 4) is 11.4 Å². The first-order valence-electron chi connectivity index (χ1n) is 9.01. The highest BCUT2D eigenvalue weighted by molar-refractivity contribution is 5.94. The molecule has 0 atom stereocenters. The van der Waals surface area contributed by atoms with E-state index in [1.807, 2.05) is 48.5 Å². The first kappa shape index (κ1) is 18.3. The SMILES string of the molecule is O=C(NCc1cccc(OCc2ccccn2)c1)c1cccc(-n2cnnn2)c1. The number of hydrogen-bond acceptors (Lipinski definition) is 6. The van der Waals surface area contributed by atoms with Gasteiger partial charge in [0, 0.05) is 18.3 Å². The molecule has 0 saturated carbocycles. The van der Waals surface area contributed by atoms with Crippen LogP contribution in [0.1, 0.15) is 21.6 Å². The number of carbonyl (C=O) groups is 1. The van der Waals surface area contributed by atoms with Crippen molar-refractivity contribution in [2.75, 3.05) is 0 Å². The molecule has 0 bridgehead atoms. The summed E-state index contributed by atoms with van der Waals surface area (Å²) in [5.41, 5.74) is 3.04. The maximum atomic E-state index is 12.5. The van der Waals surface area contributed by atoms with Crippen molar-refractivity contribution in [1.29, 1.82) is 0 Å². The summed E-state index contributed by atoms with van der Waals surface area (Å²) < 4.78 is 7.28. The minimum absolute atomic E-state index is 0.181. The molecule has 2 aromatic heterocycles. The largest absolute Gasteiger partial charge is 0.487 e. The van der Waals surface area contributed by atoms with Gasteiger partial charge in [-0.3, -0.25) is 9.78 Å². The number of hydrogen-bond donors (Lipinski definition) is 1. The number of nitrogens with zero attached hydrogens (tertiary/aromatic N) is 5. The van der Waals surface area contributed by atoms with E-state index in [4.69, 9.17) is 4.74 Å². The van der Waals surface area contributed by atoms with Crippen molar-refractivity contribution >= 4 is 5.91 Å². The van der Waals surface area contributed by atoms with Crippen LogP contribution in [0.25, 0.3) is 5.69 Å². The molecule has 8 nitrogen and oxygen atoms in total. The zero-order chi connectivity index (χ0) is 19.9. The maximum absolute atomic E-state index is 12.5. The van der Waals surface area contributed by atoms with E-state index in [-0.39, 0.29) is 5.91 Å². The van der Waals surface area contributed by atoms with Gasteiger partial charge in [0.05, 0.1) is 11.4 Å². The number of aromatic nitrogens is 5. The smallest absolute Gasteiger partial charge is 0.251 e. The van der Waals surface area contributed by atoms with Gasteiger partial charge in [-0.15, -0.1) is 5.10 Å². The van der Waals surface area contributed by atoms with Gasteiger partial charge in [-0.05, 0) is 58.5 Å². The minimum Gasteiger partial charge on any atom is -0.487 e. The van der Waals surface area contributed by atoms with E-state index >= 15 is 0 Å². The van der Waals surface area contributed by atoms with Crippen molar-refractivity contribution < 1.29 is 9.53 Å². The summed E-state index contributed by atoms with van der Waals surface area (Å²) in [5.74, 6) is 0.544. The lowest BCUT2D eigenvalue weighted by atomic mass is 10.1. The third-order valence-electron chi connectivity index (χ3n) is 4.19. The molecule has 0 spiro atoms. The Balaban J connectivity index is 1.36. The number of tetrazole rings is 1. The first-order chi connectivity index (χ1) is 14.3. The molecule has 2 heterocycles. The predicted molar refractivity (Wildman–Crippen MR) is 105 cm³/mol. The molecule has 2 aromatic carbocycles. The Morgan fingerprint density at radius 3 is 2.79 bits per heavy atom. The van der Waals surface area contributed by atoms with Crippen LogP contribution in [0.3, 0.4) is 0 Å². The van der Waals surface area contributed by atoms with E-state index < -0.39 is 0 Å². The van der Waals surface area contributed by atoms with Gasteiger partial charge in [0.25, 0.3) is 5.91 Å². The van der Waals surface area contributed by atoms with Gasteiger partial charge in [-0.25, -0.2) is 4.68 Å². The van der Waals surface area contributed by atoms with Crippen molar-refractivity contribution in [2.45, 2.75) is 13.2 Å². The Hall–Kier alpha value is -4.07. The molecule has 1 N–H and O–H groups in total. The molecule has 0 aliphatic heterocycles. The third kappa shape index (κ3) is 4.81. The topological polar surface area (TPSA) is 94.8 Å². The molecule has 0 fully saturated rings. The van der Waals surface area contributed by atoms with E-state index in [1.165, 1.54) is 11.0 Å². The number of amides is 1. The highest BCUT2D eigenvalue weighted by Crippen LogP contribution is 2.15. The van der Waals surface area contributed by atoms with Crippen molar-refractivity contribution in [3.63, 3.8) is 0 Å². The number of carbonyl (C=O) groups excluding carboxylic acids is 1. The lowest BCUT2D eigenvalue weighted by Crippen LogP contribution is -2.23. The number of pyridine rings is 1. The van der Waals surface area contributed by atoms with Crippen LogP contribution in [-0.2, 0) is 13.2 Å². The second-order valence-electron chi connectivity index (χ2n) is 6.24. The Morgan fingerprint density at radius 2 is 1.97 bits per heavy atom. The van der Waals surface area contributed by atoms with Gasteiger partial charge in [-0.2, -0.15) is 0 Å². The Kier molecular flexibility index (Phi) is 5.52. The summed E-state index contributed by atoms with van der Waals surface area (Å²) in [6, 6.07) is 20.4. The normalized spacial score (nSPS) is 10.5. The highest BCUT2D eigenvalue weighted by Gasteiger charge is 2.08. The zero-order valence-corrected chi connectivity index (χ0v) is 15.5. The number of nitrogens with one attached hydrogen (secondary N) is 1. The van der Waals surface area contributed by atoms with E-state index in [2.05, 4.69) is 25.8 Å². The number of ether oxygens (including phenoxy) is 1.